The summed E-state index contributed by atoms with van der Waals surface area (Å²) in [5.74, 6) is 0.0278. The van der Waals surface area contributed by atoms with Gasteiger partial charge in [0.15, 0.2) is 0 Å². The summed E-state index contributed by atoms with van der Waals surface area (Å²) in [5, 5.41) is 10.8. The van der Waals surface area contributed by atoms with Crippen LogP contribution in [0, 0.1) is 17.0 Å². The van der Waals surface area contributed by atoms with Gasteiger partial charge >= 0.3 is 5.97 Å². The molecular weight excluding hydrogens is 250 g/mol. The van der Waals surface area contributed by atoms with Crippen molar-refractivity contribution in [2.45, 2.75) is 13.5 Å². The number of ether oxygens (including phenoxy) is 1. The van der Waals surface area contributed by atoms with Crippen LogP contribution in [-0.4, -0.2) is 10.9 Å². The van der Waals surface area contributed by atoms with Crippen molar-refractivity contribution in [3.05, 3.63) is 63.6 Å². The maximum absolute atomic E-state index is 11.6. The van der Waals surface area contributed by atoms with Crippen molar-refractivity contribution in [1.29, 1.82) is 0 Å². The Bertz CT molecular complexity index is 617. The van der Waals surface area contributed by atoms with E-state index in [9.17, 15) is 14.9 Å². The fourth-order valence-corrected chi connectivity index (χ4v) is 1.57. The Morgan fingerprint density at radius 2 is 2.05 bits per heavy atom. The Balaban J connectivity index is 2.07. The lowest BCUT2D eigenvalue weighted by Gasteiger charge is -2.03. The van der Waals surface area contributed by atoms with E-state index in [1.165, 1.54) is 12.1 Å². The molecule has 1 heterocycles. The molecule has 0 saturated carbocycles. The Morgan fingerprint density at radius 1 is 1.32 bits per heavy atom. The van der Waals surface area contributed by atoms with Gasteiger partial charge in [0.2, 0.25) is 5.76 Å². The smallest absolute Gasteiger partial charge is 0.374 e. The first-order chi connectivity index (χ1) is 9.08. The van der Waals surface area contributed by atoms with Gasteiger partial charge in [-0.25, -0.2) is 4.79 Å². The number of para-hydroxylation sites is 1. The number of furan rings is 1. The summed E-state index contributed by atoms with van der Waals surface area (Å²) in [5.41, 5.74) is 0.259. The van der Waals surface area contributed by atoms with Crippen molar-refractivity contribution in [3.8, 4) is 0 Å². The van der Waals surface area contributed by atoms with Crippen LogP contribution in [0.3, 0.4) is 0 Å². The maximum atomic E-state index is 11.6. The number of benzene rings is 1. The predicted molar refractivity (Wildman–Crippen MR) is 65.7 cm³/mol. The molecule has 2 rings (SSSR count). The third-order valence-corrected chi connectivity index (χ3v) is 2.49. The molecule has 0 amide bonds. The molecule has 0 atom stereocenters. The molecule has 1 aromatic heterocycles. The highest BCUT2D eigenvalue weighted by Gasteiger charge is 2.16. The Kier molecular flexibility index (Phi) is 3.61. The summed E-state index contributed by atoms with van der Waals surface area (Å²) in [6.45, 7) is 1.54. The molecule has 0 radical (unpaired) electrons. The van der Waals surface area contributed by atoms with Crippen LogP contribution in [0.25, 0.3) is 0 Å². The second-order valence-electron chi connectivity index (χ2n) is 3.87. The second-order valence-corrected chi connectivity index (χ2v) is 3.87. The van der Waals surface area contributed by atoms with Gasteiger partial charge in [0.25, 0.3) is 5.69 Å². The van der Waals surface area contributed by atoms with Gasteiger partial charge in [0.1, 0.15) is 12.4 Å². The number of aryl methyl sites for hydroxylation is 1. The number of hydrogen-bond donors (Lipinski definition) is 0. The second kappa shape index (κ2) is 5.34. The molecule has 98 valence electrons. The molecule has 0 unspecified atom stereocenters. The highest BCUT2D eigenvalue weighted by molar-refractivity contribution is 5.86. The average molecular weight is 261 g/mol. The van der Waals surface area contributed by atoms with Gasteiger partial charge in [-0.3, -0.25) is 10.1 Å². The maximum Gasteiger partial charge on any atom is 0.374 e. The van der Waals surface area contributed by atoms with E-state index in [0.717, 1.165) is 0 Å². The Hall–Kier alpha value is -2.63. The number of nitrogens with zero attached hydrogens (tertiary/aromatic N) is 1. The van der Waals surface area contributed by atoms with Crippen LogP contribution in [0.1, 0.15) is 21.9 Å². The van der Waals surface area contributed by atoms with Crippen LogP contribution < -0.4 is 0 Å². The molecule has 0 fully saturated rings. The number of nitro groups is 1. The summed E-state index contributed by atoms with van der Waals surface area (Å²) in [6.07, 6.45) is 0. The molecule has 2 aromatic rings. The van der Waals surface area contributed by atoms with Gasteiger partial charge in [-0.05, 0) is 25.1 Å². The minimum atomic E-state index is -0.647. The standard InChI is InChI=1S/C13H11NO5/c1-9-6-7-12(19-9)13(15)18-8-10-4-2-3-5-11(10)14(16)17/h2-7H,8H2,1H3. The van der Waals surface area contributed by atoms with E-state index in [1.807, 2.05) is 0 Å². The molecule has 0 bridgehead atoms. The van der Waals surface area contributed by atoms with Crippen LogP contribution in [0.2, 0.25) is 0 Å². The highest BCUT2D eigenvalue weighted by Crippen LogP contribution is 2.19. The van der Waals surface area contributed by atoms with Crippen molar-refractivity contribution < 1.29 is 18.9 Å². The molecule has 1 aromatic carbocycles. The molecular formula is C13H11NO5. The number of rotatable bonds is 4. The van der Waals surface area contributed by atoms with E-state index in [4.69, 9.17) is 9.15 Å². The van der Waals surface area contributed by atoms with E-state index in [-0.39, 0.29) is 18.1 Å². The molecule has 19 heavy (non-hydrogen) atoms. The molecule has 0 aliphatic carbocycles. The van der Waals surface area contributed by atoms with Crippen LogP contribution in [0.15, 0.2) is 40.8 Å². The molecule has 0 aliphatic heterocycles. The summed E-state index contributed by atoms with van der Waals surface area (Å²) in [7, 11) is 0. The molecule has 0 N–H and O–H groups in total. The van der Waals surface area contributed by atoms with E-state index >= 15 is 0 Å². The van der Waals surface area contributed by atoms with Crippen molar-refractivity contribution in [2.75, 3.05) is 0 Å². The van der Waals surface area contributed by atoms with Gasteiger partial charge in [-0.15, -0.1) is 0 Å². The quantitative estimate of drug-likeness (QED) is 0.480. The van der Waals surface area contributed by atoms with Crippen molar-refractivity contribution in [2.24, 2.45) is 0 Å². The highest BCUT2D eigenvalue weighted by atomic mass is 16.6. The van der Waals surface area contributed by atoms with Gasteiger partial charge < -0.3 is 9.15 Å². The monoisotopic (exact) mass is 261 g/mol. The summed E-state index contributed by atoms with van der Waals surface area (Å²) < 4.78 is 10.1. The Labute approximate surface area is 108 Å². The molecule has 0 aliphatic rings. The van der Waals surface area contributed by atoms with Crippen LogP contribution in [0.5, 0.6) is 0 Å². The van der Waals surface area contributed by atoms with Crippen LogP contribution in [-0.2, 0) is 11.3 Å². The van der Waals surface area contributed by atoms with Crippen LogP contribution in [0.4, 0.5) is 5.69 Å². The minimum Gasteiger partial charge on any atom is -0.455 e. The first-order valence-electron chi connectivity index (χ1n) is 5.54. The number of nitro benzene ring substituents is 1. The van der Waals surface area contributed by atoms with Gasteiger partial charge in [0.05, 0.1) is 10.5 Å². The lowest BCUT2D eigenvalue weighted by atomic mass is 10.2. The van der Waals surface area contributed by atoms with Gasteiger partial charge in [0, 0.05) is 6.07 Å². The first-order valence-corrected chi connectivity index (χ1v) is 5.54. The Morgan fingerprint density at radius 3 is 2.68 bits per heavy atom. The summed E-state index contributed by atoms with van der Waals surface area (Å²) in [4.78, 5) is 21.9. The van der Waals surface area contributed by atoms with Gasteiger partial charge in [-0.1, -0.05) is 12.1 Å². The molecule has 0 spiro atoms. The van der Waals surface area contributed by atoms with Crippen molar-refractivity contribution >= 4 is 11.7 Å². The molecule has 6 heteroatoms. The largest absolute Gasteiger partial charge is 0.455 e. The van der Waals surface area contributed by atoms with Gasteiger partial charge in [-0.2, -0.15) is 0 Å². The molecule has 6 nitrogen and oxygen atoms in total. The zero-order valence-electron chi connectivity index (χ0n) is 10.2. The third kappa shape index (κ3) is 2.98. The van der Waals surface area contributed by atoms with E-state index in [1.54, 1.807) is 31.2 Å². The molecule has 0 saturated heterocycles. The lowest BCUT2D eigenvalue weighted by Crippen LogP contribution is -2.05. The van der Waals surface area contributed by atoms with Crippen LogP contribution >= 0.6 is 0 Å². The zero-order valence-corrected chi connectivity index (χ0v) is 10.2. The number of carbonyl (C=O) groups excluding carboxylic acids is 1. The van der Waals surface area contributed by atoms with Crippen molar-refractivity contribution in [3.63, 3.8) is 0 Å². The summed E-state index contributed by atoms with van der Waals surface area (Å²) in [6, 6.07) is 9.24. The fourth-order valence-electron chi connectivity index (χ4n) is 1.57. The average Bonchev–Trinajstić information content (AvgIpc) is 2.83. The van der Waals surface area contributed by atoms with E-state index in [0.29, 0.717) is 11.3 Å². The number of esters is 1. The summed E-state index contributed by atoms with van der Waals surface area (Å²) >= 11 is 0. The topological polar surface area (TPSA) is 82.6 Å². The number of carbonyl (C=O) groups is 1. The normalized spacial score (nSPS) is 10.2. The zero-order chi connectivity index (χ0) is 13.8. The van der Waals surface area contributed by atoms with E-state index < -0.39 is 10.9 Å². The fraction of sp³-hybridized carbons (Fsp3) is 0.154. The SMILES string of the molecule is Cc1ccc(C(=O)OCc2ccccc2[N+](=O)[O-])o1. The third-order valence-electron chi connectivity index (χ3n) is 2.49. The number of hydrogen-bond acceptors (Lipinski definition) is 5. The van der Waals surface area contributed by atoms with Crippen molar-refractivity contribution in [1.82, 2.24) is 0 Å². The first kappa shape index (κ1) is 12.8. The minimum absolute atomic E-state index is 0.0778. The lowest BCUT2D eigenvalue weighted by molar-refractivity contribution is -0.385. The van der Waals surface area contributed by atoms with E-state index in [2.05, 4.69) is 0 Å². The predicted octanol–water partition coefficient (Wildman–Crippen LogP) is 2.85.